The van der Waals surface area contributed by atoms with E-state index in [1.807, 2.05) is 37.3 Å². The van der Waals surface area contributed by atoms with Gasteiger partial charge in [-0.1, -0.05) is 30.3 Å². The van der Waals surface area contributed by atoms with E-state index in [0.29, 0.717) is 30.2 Å². The van der Waals surface area contributed by atoms with Crippen LogP contribution < -0.4 is 4.74 Å². The van der Waals surface area contributed by atoms with Crippen LogP contribution in [0.25, 0.3) is 0 Å². The van der Waals surface area contributed by atoms with E-state index in [1.165, 1.54) is 0 Å². The van der Waals surface area contributed by atoms with E-state index in [1.54, 1.807) is 33.8 Å². The lowest BCUT2D eigenvalue weighted by Crippen LogP contribution is -2.33. The first-order chi connectivity index (χ1) is 13.7. The van der Waals surface area contributed by atoms with Crippen molar-refractivity contribution in [2.75, 3.05) is 13.2 Å². The summed E-state index contributed by atoms with van der Waals surface area (Å²) in [5, 5.41) is 20.7. The smallest absolute Gasteiger partial charge is 0.254 e. The van der Waals surface area contributed by atoms with Crippen molar-refractivity contribution in [1.29, 1.82) is 0 Å². The number of hydrogen-bond donors (Lipinski definition) is 1. The van der Waals surface area contributed by atoms with Crippen molar-refractivity contribution in [3.63, 3.8) is 0 Å². The lowest BCUT2D eigenvalue weighted by molar-refractivity contribution is 0.0708. The second-order valence-corrected chi connectivity index (χ2v) is 6.16. The number of aryl methyl sites for hydroxylation is 1. The zero-order valence-corrected chi connectivity index (χ0v) is 15.7. The van der Waals surface area contributed by atoms with E-state index in [-0.39, 0.29) is 25.7 Å². The van der Waals surface area contributed by atoms with Crippen molar-refractivity contribution >= 4 is 5.91 Å². The molecule has 0 saturated carbocycles. The molecule has 3 rings (SSSR count). The fourth-order valence-corrected chi connectivity index (χ4v) is 2.77. The number of carbonyl (C=O) groups is 1. The molecule has 3 aromatic rings. The van der Waals surface area contributed by atoms with Crippen molar-refractivity contribution < 1.29 is 14.6 Å². The molecule has 0 aliphatic rings. The van der Waals surface area contributed by atoms with Crippen LogP contribution in [0, 0.1) is 0 Å². The summed E-state index contributed by atoms with van der Waals surface area (Å²) in [5.41, 5.74) is 1.55. The van der Waals surface area contributed by atoms with Gasteiger partial charge in [-0.25, -0.2) is 4.68 Å². The molecule has 0 spiro atoms. The van der Waals surface area contributed by atoms with Crippen LogP contribution in [0.4, 0.5) is 0 Å². The van der Waals surface area contributed by atoms with Crippen LogP contribution in [-0.2, 0) is 19.7 Å². The summed E-state index contributed by atoms with van der Waals surface area (Å²) >= 11 is 0. The summed E-state index contributed by atoms with van der Waals surface area (Å²) in [5.74, 6) is 1.12. The molecule has 1 N–H and O–H groups in total. The number of aliphatic hydroxyl groups is 1. The number of aliphatic hydroxyl groups excluding tert-OH is 1. The van der Waals surface area contributed by atoms with Gasteiger partial charge in [0.1, 0.15) is 12.4 Å². The maximum absolute atomic E-state index is 12.8. The van der Waals surface area contributed by atoms with Crippen molar-refractivity contribution in [2.24, 2.45) is 0 Å². The van der Waals surface area contributed by atoms with Crippen LogP contribution >= 0.6 is 0 Å². The van der Waals surface area contributed by atoms with Crippen molar-refractivity contribution in [2.45, 2.75) is 26.6 Å². The Kier molecular flexibility index (Phi) is 6.69. The number of tetrazole rings is 1. The zero-order chi connectivity index (χ0) is 19.8. The van der Waals surface area contributed by atoms with E-state index in [4.69, 9.17) is 4.74 Å². The molecule has 1 amide bonds. The minimum Gasteiger partial charge on any atom is -0.486 e. The molecule has 1 aromatic heterocycles. The Morgan fingerprint density at radius 2 is 1.89 bits per heavy atom. The van der Waals surface area contributed by atoms with Crippen LogP contribution in [0.5, 0.6) is 5.75 Å². The molecule has 1 heterocycles. The van der Waals surface area contributed by atoms with Crippen LogP contribution in [0.3, 0.4) is 0 Å². The highest BCUT2D eigenvalue weighted by atomic mass is 16.5. The number of benzene rings is 2. The van der Waals surface area contributed by atoms with Crippen LogP contribution in [0.15, 0.2) is 54.6 Å². The molecule has 0 fully saturated rings. The largest absolute Gasteiger partial charge is 0.486 e. The number of hydrogen-bond acceptors (Lipinski definition) is 6. The number of aromatic nitrogens is 4. The monoisotopic (exact) mass is 381 g/mol. The predicted molar refractivity (Wildman–Crippen MR) is 103 cm³/mol. The van der Waals surface area contributed by atoms with Gasteiger partial charge in [-0.3, -0.25) is 4.79 Å². The maximum Gasteiger partial charge on any atom is 0.254 e. The second-order valence-electron chi connectivity index (χ2n) is 6.16. The summed E-state index contributed by atoms with van der Waals surface area (Å²) in [6, 6.07) is 16.6. The highest BCUT2D eigenvalue weighted by molar-refractivity contribution is 5.94. The third-order valence-corrected chi connectivity index (χ3v) is 4.25. The predicted octanol–water partition coefficient (Wildman–Crippen LogP) is 1.91. The third kappa shape index (κ3) is 4.92. The van der Waals surface area contributed by atoms with Gasteiger partial charge in [0.2, 0.25) is 0 Å². The quantitative estimate of drug-likeness (QED) is 0.609. The highest BCUT2D eigenvalue weighted by Gasteiger charge is 2.16. The molecule has 146 valence electrons. The number of carbonyl (C=O) groups excluding carboxylic acids is 1. The first-order valence-corrected chi connectivity index (χ1v) is 9.13. The molecule has 0 saturated heterocycles. The van der Waals surface area contributed by atoms with Crippen LogP contribution in [0.2, 0.25) is 0 Å². The number of rotatable bonds is 9. The first kappa shape index (κ1) is 19.5. The topological polar surface area (TPSA) is 93.4 Å². The summed E-state index contributed by atoms with van der Waals surface area (Å²) < 4.78 is 7.36. The Morgan fingerprint density at radius 3 is 2.57 bits per heavy atom. The Balaban J connectivity index is 1.64. The molecule has 8 heteroatoms. The summed E-state index contributed by atoms with van der Waals surface area (Å²) in [7, 11) is 0. The summed E-state index contributed by atoms with van der Waals surface area (Å²) in [6.45, 7) is 3.49. The number of amides is 1. The molecule has 28 heavy (non-hydrogen) atoms. The Hall–Kier alpha value is -3.26. The van der Waals surface area contributed by atoms with Gasteiger partial charge >= 0.3 is 0 Å². The van der Waals surface area contributed by atoms with Gasteiger partial charge in [0.15, 0.2) is 5.82 Å². The number of nitrogens with zero attached hydrogens (tertiary/aromatic N) is 5. The fourth-order valence-electron chi connectivity index (χ4n) is 2.77. The van der Waals surface area contributed by atoms with Gasteiger partial charge < -0.3 is 14.7 Å². The van der Waals surface area contributed by atoms with E-state index in [2.05, 4.69) is 15.5 Å². The average molecular weight is 381 g/mol. The normalized spacial score (nSPS) is 10.6. The Bertz CT molecular complexity index is 880. The van der Waals surface area contributed by atoms with Gasteiger partial charge in [0.05, 0.1) is 6.61 Å². The van der Waals surface area contributed by atoms with E-state index in [9.17, 15) is 9.90 Å². The third-order valence-electron chi connectivity index (χ3n) is 4.25. The van der Waals surface area contributed by atoms with Gasteiger partial charge in [-0.15, -0.1) is 5.10 Å². The van der Waals surface area contributed by atoms with Gasteiger partial charge in [0, 0.05) is 25.2 Å². The minimum atomic E-state index is -0.139. The molecular weight excluding hydrogens is 358 g/mol. The van der Waals surface area contributed by atoms with E-state index in [0.717, 1.165) is 5.56 Å². The zero-order valence-electron chi connectivity index (χ0n) is 15.7. The van der Waals surface area contributed by atoms with Crippen molar-refractivity contribution in [1.82, 2.24) is 25.1 Å². The molecular formula is C20H23N5O3. The SMILES string of the molecule is CCn1nnnc1COc1ccc(C(=O)N(CCO)Cc2ccccc2)cc1. The van der Waals surface area contributed by atoms with E-state index < -0.39 is 0 Å². The molecule has 0 atom stereocenters. The lowest BCUT2D eigenvalue weighted by Gasteiger charge is -2.22. The second kappa shape index (κ2) is 9.61. The molecule has 2 aromatic carbocycles. The molecule has 0 unspecified atom stereocenters. The van der Waals surface area contributed by atoms with Gasteiger partial charge in [-0.05, 0) is 47.2 Å². The maximum atomic E-state index is 12.8. The lowest BCUT2D eigenvalue weighted by atomic mass is 10.1. The molecule has 0 aliphatic carbocycles. The standard InChI is InChI=1S/C20H23N5O3/c1-2-25-19(21-22-23-25)15-28-18-10-8-17(9-11-18)20(27)24(12-13-26)14-16-6-4-3-5-7-16/h3-11,26H,2,12-15H2,1H3. The van der Waals surface area contributed by atoms with Crippen molar-refractivity contribution in [3.05, 3.63) is 71.5 Å². The minimum absolute atomic E-state index is 0.0914. The fraction of sp³-hybridized carbons (Fsp3) is 0.300. The van der Waals surface area contributed by atoms with Gasteiger partial charge in [0.25, 0.3) is 5.91 Å². The Labute approximate surface area is 163 Å². The van der Waals surface area contributed by atoms with Crippen LogP contribution in [-0.4, -0.2) is 49.3 Å². The molecule has 8 nitrogen and oxygen atoms in total. The molecule has 0 bridgehead atoms. The van der Waals surface area contributed by atoms with Crippen LogP contribution in [0.1, 0.15) is 28.7 Å². The number of ether oxygens (including phenoxy) is 1. The summed E-state index contributed by atoms with van der Waals surface area (Å²) in [6.07, 6.45) is 0. The van der Waals surface area contributed by atoms with Gasteiger partial charge in [-0.2, -0.15) is 0 Å². The average Bonchev–Trinajstić information content (AvgIpc) is 3.20. The first-order valence-electron chi connectivity index (χ1n) is 9.13. The van der Waals surface area contributed by atoms with E-state index >= 15 is 0 Å². The molecule has 0 radical (unpaired) electrons. The Morgan fingerprint density at radius 1 is 1.14 bits per heavy atom. The molecule has 0 aliphatic heterocycles. The van der Waals surface area contributed by atoms with Crippen molar-refractivity contribution in [3.8, 4) is 5.75 Å². The highest BCUT2D eigenvalue weighted by Crippen LogP contribution is 2.16. The summed E-state index contributed by atoms with van der Waals surface area (Å²) in [4.78, 5) is 14.4.